The minimum Gasteiger partial charge on any atom is -0.497 e. The standard InChI is InChI=1S/C16H20N2O/c1-12-8-14(17)10-15(9-12)18(2)11-13-4-6-16(19-3)7-5-13/h4-10H,11,17H2,1-3H3. The maximum Gasteiger partial charge on any atom is 0.118 e. The van der Waals surface area contributed by atoms with Gasteiger partial charge in [-0.05, 0) is 48.4 Å². The molecule has 0 heterocycles. The fourth-order valence-electron chi connectivity index (χ4n) is 2.11. The van der Waals surface area contributed by atoms with Crippen LogP contribution in [0, 0.1) is 6.92 Å². The maximum absolute atomic E-state index is 5.89. The van der Waals surface area contributed by atoms with E-state index in [2.05, 4.69) is 37.1 Å². The molecule has 3 heteroatoms. The molecule has 3 nitrogen and oxygen atoms in total. The Kier molecular flexibility index (Phi) is 3.95. The molecule has 0 fully saturated rings. The van der Waals surface area contributed by atoms with E-state index in [1.807, 2.05) is 24.3 Å². The van der Waals surface area contributed by atoms with Crippen molar-refractivity contribution in [1.82, 2.24) is 0 Å². The van der Waals surface area contributed by atoms with Crippen LogP contribution in [0.4, 0.5) is 11.4 Å². The second-order valence-electron chi connectivity index (χ2n) is 4.81. The van der Waals surface area contributed by atoms with Crippen molar-refractivity contribution in [2.24, 2.45) is 0 Å². The van der Waals surface area contributed by atoms with Crippen molar-refractivity contribution in [3.63, 3.8) is 0 Å². The highest BCUT2D eigenvalue weighted by molar-refractivity contribution is 5.58. The number of hydrogen-bond donors (Lipinski definition) is 1. The summed E-state index contributed by atoms with van der Waals surface area (Å²) in [7, 11) is 3.75. The molecule has 0 aromatic heterocycles. The lowest BCUT2D eigenvalue weighted by atomic mass is 10.1. The lowest BCUT2D eigenvalue weighted by Crippen LogP contribution is -2.16. The van der Waals surface area contributed by atoms with E-state index >= 15 is 0 Å². The number of aryl methyl sites for hydroxylation is 1. The van der Waals surface area contributed by atoms with Crippen LogP contribution in [0.25, 0.3) is 0 Å². The fourth-order valence-corrected chi connectivity index (χ4v) is 2.11. The van der Waals surface area contributed by atoms with Gasteiger partial charge in [-0.1, -0.05) is 12.1 Å². The molecule has 19 heavy (non-hydrogen) atoms. The highest BCUT2D eigenvalue weighted by atomic mass is 16.5. The first-order valence-electron chi connectivity index (χ1n) is 6.30. The highest BCUT2D eigenvalue weighted by Crippen LogP contribution is 2.21. The zero-order chi connectivity index (χ0) is 13.8. The molecule has 0 aliphatic heterocycles. The van der Waals surface area contributed by atoms with Gasteiger partial charge in [0, 0.05) is 25.0 Å². The van der Waals surface area contributed by atoms with Gasteiger partial charge in [-0.15, -0.1) is 0 Å². The van der Waals surface area contributed by atoms with Gasteiger partial charge in [-0.3, -0.25) is 0 Å². The van der Waals surface area contributed by atoms with Crippen LogP contribution < -0.4 is 15.4 Å². The molecule has 2 aromatic rings. The Morgan fingerprint density at radius 2 is 1.79 bits per heavy atom. The lowest BCUT2D eigenvalue weighted by Gasteiger charge is -2.20. The molecular formula is C16H20N2O. The minimum absolute atomic E-state index is 0.802. The molecular weight excluding hydrogens is 236 g/mol. The summed E-state index contributed by atoms with van der Waals surface area (Å²) >= 11 is 0. The van der Waals surface area contributed by atoms with Gasteiger partial charge in [0.2, 0.25) is 0 Å². The Balaban J connectivity index is 2.13. The highest BCUT2D eigenvalue weighted by Gasteiger charge is 2.04. The number of benzene rings is 2. The van der Waals surface area contributed by atoms with Crippen molar-refractivity contribution >= 4 is 11.4 Å². The Hall–Kier alpha value is -2.16. The van der Waals surface area contributed by atoms with E-state index in [1.165, 1.54) is 11.1 Å². The van der Waals surface area contributed by atoms with E-state index < -0.39 is 0 Å². The average molecular weight is 256 g/mol. The number of ether oxygens (including phenoxy) is 1. The van der Waals surface area contributed by atoms with Crippen LogP contribution in [0.5, 0.6) is 5.75 Å². The smallest absolute Gasteiger partial charge is 0.118 e. The summed E-state index contributed by atoms with van der Waals surface area (Å²) in [6.07, 6.45) is 0. The molecule has 2 N–H and O–H groups in total. The average Bonchev–Trinajstić information content (AvgIpc) is 2.38. The van der Waals surface area contributed by atoms with Gasteiger partial charge in [-0.2, -0.15) is 0 Å². The Bertz CT molecular complexity index is 529. The molecule has 0 aliphatic rings. The molecule has 0 radical (unpaired) electrons. The molecule has 2 rings (SSSR count). The second-order valence-corrected chi connectivity index (χ2v) is 4.81. The summed E-state index contributed by atoms with van der Waals surface area (Å²) in [6, 6.07) is 14.2. The molecule has 2 aromatic carbocycles. The zero-order valence-corrected chi connectivity index (χ0v) is 11.7. The fraction of sp³-hybridized carbons (Fsp3) is 0.250. The van der Waals surface area contributed by atoms with E-state index in [1.54, 1.807) is 7.11 Å². The SMILES string of the molecule is COc1ccc(CN(C)c2cc(C)cc(N)c2)cc1. The maximum atomic E-state index is 5.89. The van der Waals surface area contributed by atoms with Gasteiger partial charge >= 0.3 is 0 Å². The van der Waals surface area contributed by atoms with Gasteiger partial charge in [-0.25, -0.2) is 0 Å². The monoisotopic (exact) mass is 256 g/mol. The molecule has 100 valence electrons. The second kappa shape index (κ2) is 5.65. The van der Waals surface area contributed by atoms with Crippen LogP contribution in [0.3, 0.4) is 0 Å². The first kappa shape index (κ1) is 13.3. The van der Waals surface area contributed by atoms with Crippen LogP contribution in [-0.2, 0) is 6.54 Å². The Morgan fingerprint density at radius 1 is 1.11 bits per heavy atom. The van der Waals surface area contributed by atoms with Crippen molar-refractivity contribution in [3.05, 3.63) is 53.6 Å². The number of rotatable bonds is 4. The van der Waals surface area contributed by atoms with Crippen LogP contribution in [-0.4, -0.2) is 14.2 Å². The molecule has 0 unspecified atom stereocenters. The normalized spacial score (nSPS) is 10.3. The van der Waals surface area contributed by atoms with E-state index in [0.29, 0.717) is 0 Å². The summed E-state index contributed by atoms with van der Waals surface area (Å²) < 4.78 is 5.16. The van der Waals surface area contributed by atoms with Gasteiger partial charge in [0.1, 0.15) is 5.75 Å². The summed E-state index contributed by atoms with van der Waals surface area (Å²) in [6.45, 7) is 2.90. The molecule has 0 saturated heterocycles. The quantitative estimate of drug-likeness (QED) is 0.854. The number of anilines is 2. The van der Waals surface area contributed by atoms with Crippen molar-refractivity contribution < 1.29 is 4.74 Å². The number of methoxy groups -OCH3 is 1. The molecule has 0 aliphatic carbocycles. The van der Waals surface area contributed by atoms with Crippen LogP contribution in [0.2, 0.25) is 0 Å². The number of nitrogens with zero attached hydrogens (tertiary/aromatic N) is 1. The first-order chi connectivity index (χ1) is 9.08. The zero-order valence-electron chi connectivity index (χ0n) is 11.7. The number of hydrogen-bond acceptors (Lipinski definition) is 3. The molecule has 0 atom stereocenters. The largest absolute Gasteiger partial charge is 0.497 e. The van der Waals surface area contributed by atoms with Crippen molar-refractivity contribution in [2.45, 2.75) is 13.5 Å². The molecule has 0 bridgehead atoms. The summed E-state index contributed by atoms with van der Waals surface area (Å²) in [5, 5.41) is 0. The third-order valence-corrected chi connectivity index (χ3v) is 3.10. The Morgan fingerprint density at radius 3 is 2.37 bits per heavy atom. The van der Waals surface area contributed by atoms with Crippen molar-refractivity contribution in [3.8, 4) is 5.75 Å². The third kappa shape index (κ3) is 3.41. The number of nitrogen functional groups attached to an aromatic ring is 1. The molecule has 0 saturated carbocycles. The van der Waals surface area contributed by atoms with Crippen LogP contribution in [0.15, 0.2) is 42.5 Å². The predicted molar refractivity (Wildman–Crippen MR) is 80.7 cm³/mol. The van der Waals surface area contributed by atoms with Crippen molar-refractivity contribution in [1.29, 1.82) is 0 Å². The van der Waals surface area contributed by atoms with Crippen molar-refractivity contribution in [2.75, 3.05) is 24.8 Å². The first-order valence-corrected chi connectivity index (χ1v) is 6.30. The van der Waals surface area contributed by atoms with Crippen LogP contribution in [0.1, 0.15) is 11.1 Å². The summed E-state index contributed by atoms with van der Waals surface area (Å²) in [5.74, 6) is 0.881. The van der Waals surface area contributed by atoms with E-state index in [-0.39, 0.29) is 0 Å². The minimum atomic E-state index is 0.802. The van der Waals surface area contributed by atoms with E-state index in [9.17, 15) is 0 Å². The number of nitrogens with two attached hydrogens (primary N) is 1. The van der Waals surface area contributed by atoms with Gasteiger partial charge in [0.15, 0.2) is 0 Å². The lowest BCUT2D eigenvalue weighted by molar-refractivity contribution is 0.414. The molecule has 0 spiro atoms. The van der Waals surface area contributed by atoms with Gasteiger partial charge in [0.05, 0.1) is 7.11 Å². The topological polar surface area (TPSA) is 38.5 Å². The molecule has 0 amide bonds. The predicted octanol–water partition coefficient (Wildman–Crippen LogP) is 3.22. The Labute approximate surface area is 114 Å². The van der Waals surface area contributed by atoms with Gasteiger partial charge < -0.3 is 15.4 Å². The van der Waals surface area contributed by atoms with Crippen LogP contribution >= 0.6 is 0 Å². The van der Waals surface area contributed by atoms with E-state index in [4.69, 9.17) is 10.5 Å². The summed E-state index contributed by atoms with van der Waals surface area (Å²) in [4.78, 5) is 2.19. The van der Waals surface area contributed by atoms with Gasteiger partial charge in [0.25, 0.3) is 0 Å². The van der Waals surface area contributed by atoms with E-state index in [0.717, 1.165) is 23.7 Å². The third-order valence-electron chi connectivity index (χ3n) is 3.10. The summed E-state index contributed by atoms with van der Waals surface area (Å²) in [5.41, 5.74) is 10.2.